The van der Waals surface area contributed by atoms with Gasteiger partial charge in [0.25, 0.3) is 0 Å². The topological polar surface area (TPSA) is 50.4 Å². The van der Waals surface area contributed by atoms with E-state index in [1.165, 1.54) is 7.11 Å². The van der Waals surface area contributed by atoms with Gasteiger partial charge in [0.05, 0.1) is 18.7 Å². The van der Waals surface area contributed by atoms with Crippen LogP contribution in [0.4, 0.5) is 11.4 Å². The summed E-state index contributed by atoms with van der Waals surface area (Å²) >= 11 is 12.0. The molecule has 1 amide bonds. The third-order valence-corrected chi connectivity index (χ3v) is 3.61. The lowest BCUT2D eigenvalue weighted by Crippen LogP contribution is -2.22. The first-order chi connectivity index (χ1) is 10.5. The largest absolute Gasteiger partial charge is 0.495 e. The number of carbonyl (C=O) groups is 1. The highest BCUT2D eigenvalue weighted by Gasteiger charge is 2.07. The molecular formula is C16H16Cl2N2O2. The first-order valence-corrected chi connectivity index (χ1v) is 7.38. The second kappa shape index (κ2) is 7.38. The highest BCUT2D eigenvalue weighted by molar-refractivity contribution is 6.32. The number of ether oxygens (including phenoxy) is 1. The van der Waals surface area contributed by atoms with Crippen molar-refractivity contribution in [1.82, 2.24) is 0 Å². The van der Waals surface area contributed by atoms with Gasteiger partial charge in [-0.3, -0.25) is 4.79 Å². The van der Waals surface area contributed by atoms with Crippen LogP contribution >= 0.6 is 23.2 Å². The van der Waals surface area contributed by atoms with Crippen LogP contribution in [0.1, 0.15) is 5.56 Å². The zero-order valence-electron chi connectivity index (χ0n) is 12.2. The number of carbonyl (C=O) groups excluding carboxylic acids is 1. The van der Waals surface area contributed by atoms with Gasteiger partial charge in [-0.2, -0.15) is 0 Å². The van der Waals surface area contributed by atoms with Crippen molar-refractivity contribution in [3.63, 3.8) is 0 Å². The lowest BCUT2D eigenvalue weighted by atomic mass is 10.2. The fourth-order valence-electron chi connectivity index (χ4n) is 1.91. The number of methoxy groups -OCH3 is 1. The summed E-state index contributed by atoms with van der Waals surface area (Å²) in [6.45, 7) is 2.07. The normalized spacial score (nSPS) is 10.2. The average molecular weight is 339 g/mol. The van der Waals surface area contributed by atoms with Crippen molar-refractivity contribution in [3.05, 3.63) is 52.0 Å². The lowest BCUT2D eigenvalue weighted by Gasteiger charge is -2.11. The average Bonchev–Trinajstić information content (AvgIpc) is 2.48. The molecule has 0 aromatic heterocycles. The zero-order chi connectivity index (χ0) is 16.1. The summed E-state index contributed by atoms with van der Waals surface area (Å²) in [7, 11) is 1.54. The van der Waals surface area contributed by atoms with Crippen LogP contribution in [0, 0.1) is 6.92 Å². The molecule has 0 fully saturated rings. The Hall–Kier alpha value is -1.91. The second-order valence-electron chi connectivity index (χ2n) is 4.71. The summed E-state index contributed by atoms with van der Waals surface area (Å²) in [4.78, 5) is 12.0. The molecule has 0 heterocycles. The molecule has 6 heteroatoms. The maximum Gasteiger partial charge on any atom is 0.243 e. The van der Waals surface area contributed by atoms with Gasteiger partial charge in [0.1, 0.15) is 5.75 Å². The highest BCUT2D eigenvalue weighted by Crippen LogP contribution is 2.27. The molecule has 0 aliphatic carbocycles. The van der Waals surface area contributed by atoms with Crippen LogP contribution in [0.2, 0.25) is 10.0 Å². The first kappa shape index (κ1) is 16.5. The minimum Gasteiger partial charge on any atom is -0.495 e. The fourth-order valence-corrected chi connectivity index (χ4v) is 2.34. The van der Waals surface area contributed by atoms with Gasteiger partial charge in [0.2, 0.25) is 5.91 Å². The molecule has 116 valence electrons. The smallest absolute Gasteiger partial charge is 0.243 e. The Balaban J connectivity index is 1.95. The Labute approximate surface area is 139 Å². The molecule has 2 rings (SSSR count). The minimum atomic E-state index is -0.180. The molecule has 0 spiro atoms. The molecule has 2 aromatic rings. The predicted octanol–water partition coefficient (Wildman–Crippen LogP) is 4.36. The minimum absolute atomic E-state index is 0.130. The van der Waals surface area contributed by atoms with Crippen molar-refractivity contribution in [2.45, 2.75) is 6.92 Å². The fraction of sp³-hybridized carbons (Fsp3) is 0.188. The lowest BCUT2D eigenvalue weighted by molar-refractivity contribution is -0.114. The third-order valence-electron chi connectivity index (χ3n) is 3.07. The molecule has 2 N–H and O–H groups in total. The van der Waals surface area contributed by atoms with Crippen molar-refractivity contribution in [2.75, 3.05) is 24.3 Å². The van der Waals surface area contributed by atoms with Crippen LogP contribution in [0.25, 0.3) is 0 Å². The number of amides is 1. The number of anilines is 2. The Morgan fingerprint density at radius 2 is 1.95 bits per heavy atom. The van der Waals surface area contributed by atoms with Crippen molar-refractivity contribution >= 4 is 40.5 Å². The van der Waals surface area contributed by atoms with Gasteiger partial charge in [-0.15, -0.1) is 0 Å². The molecule has 22 heavy (non-hydrogen) atoms. The summed E-state index contributed by atoms with van der Waals surface area (Å²) in [6.07, 6.45) is 0. The van der Waals surface area contributed by atoms with Gasteiger partial charge >= 0.3 is 0 Å². The monoisotopic (exact) mass is 338 g/mol. The molecule has 0 aliphatic rings. The standard InChI is InChI=1S/C16H16Cl2N2O2/c1-10-3-4-11(17)7-14(10)19-9-16(21)20-12-5-6-15(22-2)13(18)8-12/h3-8,19H,9H2,1-2H3,(H,20,21). The van der Waals surface area contributed by atoms with E-state index in [1.807, 2.05) is 19.1 Å². The van der Waals surface area contributed by atoms with E-state index in [-0.39, 0.29) is 12.5 Å². The van der Waals surface area contributed by atoms with Crippen molar-refractivity contribution in [1.29, 1.82) is 0 Å². The molecule has 0 saturated carbocycles. The van der Waals surface area contributed by atoms with E-state index in [1.54, 1.807) is 24.3 Å². The quantitative estimate of drug-likeness (QED) is 0.851. The Morgan fingerprint density at radius 1 is 1.18 bits per heavy atom. The molecule has 0 unspecified atom stereocenters. The van der Waals surface area contributed by atoms with Crippen molar-refractivity contribution < 1.29 is 9.53 Å². The van der Waals surface area contributed by atoms with Gasteiger partial charge in [0, 0.05) is 16.4 Å². The molecule has 4 nitrogen and oxygen atoms in total. The van der Waals surface area contributed by atoms with Crippen LogP contribution in [-0.2, 0) is 4.79 Å². The number of halogens is 2. The number of hydrogen-bond donors (Lipinski definition) is 2. The Morgan fingerprint density at radius 3 is 2.64 bits per heavy atom. The van der Waals surface area contributed by atoms with Gasteiger partial charge in [0.15, 0.2) is 0 Å². The molecule has 0 radical (unpaired) electrons. The maximum absolute atomic E-state index is 12.0. The van der Waals surface area contributed by atoms with E-state index >= 15 is 0 Å². The van der Waals surface area contributed by atoms with Crippen molar-refractivity contribution in [3.8, 4) is 5.75 Å². The molecule has 0 atom stereocenters. The van der Waals surface area contributed by atoms with E-state index in [0.717, 1.165) is 11.3 Å². The third kappa shape index (κ3) is 4.29. The number of hydrogen-bond acceptors (Lipinski definition) is 3. The zero-order valence-corrected chi connectivity index (χ0v) is 13.8. The van der Waals surface area contributed by atoms with E-state index in [2.05, 4.69) is 10.6 Å². The molecular weight excluding hydrogens is 323 g/mol. The summed E-state index contributed by atoms with van der Waals surface area (Å²) in [5.74, 6) is 0.382. The summed E-state index contributed by atoms with van der Waals surface area (Å²) in [6, 6.07) is 10.6. The van der Waals surface area contributed by atoms with Gasteiger partial charge in [-0.05, 0) is 42.8 Å². The van der Waals surface area contributed by atoms with E-state index in [0.29, 0.717) is 21.5 Å². The van der Waals surface area contributed by atoms with E-state index in [9.17, 15) is 4.79 Å². The van der Waals surface area contributed by atoms with Gasteiger partial charge in [-0.1, -0.05) is 29.3 Å². The summed E-state index contributed by atoms with van der Waals surface area (Å²) in [5.41, 5.74) is 2.46. The number of nitrogens with one attached hydrogen (secondary N) is 2. The van der Waals surface area contributed by atoms with Crippen LogP contribution in [-0.4, -0.2) is 19.6 Å². The predicted molar refractivity (Wildman–Crippen MR) is 91.3 cm³/mol. The number of benzene rings is 2. The Bertz CT molecular complexity index is 690. The highest BCUT2D eigenvalue weighted by atomic mass is 35.5. The van der Waals surface area contributed by atoms with Crippen LogP contribution < -0.4 is 15.4 Å². The van der Waals surface area contributed by atoms with Crippen LogP contribution in [0.5, 0.6) is 5.75 Å². The summed E-state index contributed by atoms with van der Waals surface area (Å²) < 4.78 is 5.07. The number of aryl methyl sites for hydroxylation is 1. The van der Waals surface area contributed by atoms with Gasteiger partial charge < -0.3 is 15.4 Å². The van der Waals surface area contributed by atoms with E-state index in [4.69, 9.17) is 27.9 Å². The molecule has 0 saturated heterocycles. The maximum atomic E-state index is 12.0. The molecule has 0 bridgehead atoms. The van der Waals surface area contributed by atoms with Crippen molar-refractivity contribution in [2.24, 2.45) is 0 Å². The Kier molecular flexibility index (Phi) is 5.52. The SMILES string of the molecule is COc1ccc(NC(=O)CNc2cc(Cl)ccc2C)cc1Cl. The first-order valence-electron chi connectivity index (χ1n) is 6.63. The summed E-state index contributed by atoms with van der Waals surface area (Å²) in [5, 5.41) is 6.88. The van der Waals surface area contributed by atoms with E-state index < -0.39 is 0 Å². The van der Waals surface area contributed by atoms with Crippen LogP contribution in [0.3, 0.4) is 0 Å². The van der Waals surface area contributed by atoms with Gasteiger partial charge in [-0.25, -0.2) is 0 Å². The molecule has 2 aromatic carbocycles. The molecule has 0 aliphatic heterocycles. The number of rotatable bonds is 5. The van der Waals surface area contributed by atoms with Crippen LogP contribution in [0.15, 0.2) is 36.4 Å². The second-order valence-corrected chi connectivity index (χ2v) is 5.55.